The molecule has 1 aromatic heterocycles. The summed E-state index contributed by atoms with van der Waals surface area (Å²) in [6.07, 6.45) is 0. The molecule has 0 spiro atoms. The molecule has 0 aliphatic heterocycles. The van der Waals surface area contributed by atoms with Gasteiger partial charge in [-0.05, 0) is 52.8 Å². The number of hydrogen-bond acceptors (Lipinski definition) is 3. The van der Waals surface area contributed by atoms with E-state index in [2.05, 4.69) is 32.7 Å². The van der Waals surface area contributed by atoms with Crippen LogP contribution < -0.4 is 10.5 Å². The molecule has 8 heteroatoms. The molecule has 3 aromatic rings. The second kappa shape index (κ2) is 10.1. The highest BCUT2D eigenvalue weighted by molar-refractivity contribution is 9.10. The van der Waals surface area contributed by atoms with Crippen LogP contribution in [-0.2, 0) is 13.6 Å². The van der Waals surface area contributed by atoms with Crippen LogP contribution in [0, 0.1) is 0 Å². The van der Waals surface area contributed by atoms with Crippen molar-refractivity contribution in [1.82, 2.24) is 14.3 Å². The van der Waals surface area contributed by atoms with Gasteiger partial charge in [-0.1, -0.05) is 48.3 Å². The quantitative estimate of drug-likeness (QED) is 0.416. The first-order chi connectivity index (χ1) is 14.3. The molecule has 0 aliphatic carbocycles. The summed E-state index contributed by atoms with van der Waals surface area (Å²) in [7, 11) is 3.95. The average Bonchev–Trinajstić information content (AvgIpc) is 2.96. The van der Waals surface area contributed by atoms with Crippen molar-refractivity contribution in [3.05, 3.63) is 79.1 Å². The standard InChI is InChI=1S/C22H25BrCl2N4O/c1-4-28(13-12-26(2)17-10-11-18(24)19(25)14-17)15-20-21(23)22(30)29(27(20)3)16-8-6-5-7-9-16/h5-11,14H,4,12-13,15H2,1-3H3. The van der Waals surface area contributed by atoms with Crippen molar-refractivity contribution in [3.8, 4) is 5.69 Å². The molecule has 0 aliphatic rings. The Kier molecular flexibility index (Phi) is 7.69. The van der Waals surface area contributed by atoms with Gasteiger partial charge in [-0.2, -0.15) is 0 Å². The smallest absolute Gasteiger partial charge is 0.286 e. The van der Waals surface area contributed by atoms with Gasteiger partial charge >= 0.3 is 0 Å². The summed E-state index contributed by atoms with van der Waals surface area (Å²) in [5.74, 6) is 0. The average molecular weight is 512 g/mol. The third kappa shape index (κ3) is 4.94. The van der Waals surface area contributed by atoms with Gasteiger partial charge in [0.05, 0.1) is 21.4 Å². The number of likely N-dealkylation sites (N-methyl/N-ethyl adjacent to an activating group) is 2. The third-order valence-corrected chi connectivity index (χ3v) is 6.78. The minimum atomic E-state index is -0.0531. The lowest BCUT2D eigenvalue weighted by molar-refractivity contribution is 0.277. The molecule has 5 nitrogen and oxygen atoms in total. The zero-order chi connectivity index (χ0) is 21.8. The maximum absolute atomic E-state index is 12.8. The van der Waals surface area contributed by atoms with Crippen molar-refractivity contribution < 1.29 is 0 Å². The lowest BCUT2D eigenvalue weighted by atomic mass is 10.3. The lowest BCUT2D eigenvalue weighted by Gasteiger charge is -2.26. The fourth-order valence-corrected chi connectivity index (χ4v) is 4.19. The number of halogens is 3. The number of benzene rings is 2. The van der Waals surface area contributed by atoms with Crippen LogP contribution in [-0.4, -0.2) is 40.9 Å². The van der Waals surface area contributed by atoms with E-state index < -0.39 is 0 Å². The lowest BCUT2D eigenvalue weighted by Crippen LogP contribution is -2.33. The van der Waals surface area contributed by atoms with E-state index in [1.807, 2.05) is 67.3 Å². The van der Waals surface area contributed by atoms with E-state index in [9.17, 15) is 4.79 Å². The van der Waals surface area contributed by atoms with Crippen LogP contribution in [0.3, 0.4) is 0 Å². The van der Waals surface area contributed by atoms with Gasteiger partial charge < -0.3 is 4.90 Å². The van der Waals surface area contributed by atoms with Crippen molar-refractivity contribution in [1.29, 1.82) is 0 Å². The number of hydrogen-bond donors (Lipinski definition) is 0. The van der Waals surface area contributed by atoms with Gasteiger partial charge in [-0.3, -0.25) is 14.4 Å². The van der Waals surface area contributed by atoms with Gasteiger partial charge in [0.1, 0.15) is 4.47 Å². The van der Waals surface area contributed by atoms with Crippen LogP contribution in [0.4, 0.5) is 5.69 Å². The summed E-state index contributed by atoms with van der Waals surface area (Å²) >= 11 is 15.7. The molecule has 30 heavy (non-hydrogen) atoms. The fraction of sp³-hybridized carbons (Fsp3) is 0.318. The first-order valence-corrected chi connectivity index (χ1v) is 11.3. The minimum Gasteiger partial charge on any atom is -0.373 e. The van der Waals surface area contributed by atoms with Crippen LogP contribution >= 0.6 is 39.1 Å². The molecule has 0 saturated carbocycles. The van der Waals surface area contributed by atoms with E-state index in [0.29, 0.717) is 21.1 Å². The Morgan fingerprint density at radius 1 is 1.03 bits per heavy atom. The molecule has 160 valence electrons. The number of nitrogens with zero attached hydrogens (tertiary/aromatic N) is 4. The van der Waals surface area contributed by atoms with Crippen LogP contribution in [0.25, 0.3) is 5.69 Å². The van der Waals surface area contributed by atoms with Crippen molar-refractivity contribution >= 4 is 44.8 Å². The summed E-state index contributed by atoms with van der Waals surface area (Å²) in [4.78, 5) is 17.3. The van der Waals surface area contributed by atoms with Gasteiger partial charge in [0, 0.05) is 39.4 Å². The molecule has 3 rings (SSSR count). The summed E-state index contributed by atoms with van der Waals surface area (Å²) < 4.78 is 4.22. The maximum atomic E-state index is 12.8. The van der Waals surface area contributed by atoms with Crippen LogP contribution in [0.15, 0.2) is 57.8 Å². The van der Waals surface area contributed by atoms with Crippen molar-refractivity contribution in [2.24, 2.45) is 7.05 Å². The van der Waals surface area contributed by atoms with Crippen molar-refractivity contribution in [2.75, 3.05) is 31.6 Å². The molecule has 0 bridgehead atoms. The monoisotopic (exact) mass is 510 g/mol. The molecule has 0 N–H and O–H groups in total. The maximum Gasteiger partial charge on any atom is 0.286 e. The molecule has 1 heterocycles. The molecule has 0 unspecified atom stereocenters. The second-order valence-electron chi connectivity index (χ2n) is 7.13. The van der Waals surface area contributed by atoms with E-state index in [4.69, 9.17) is 23.2 Å². The summed E-state index contributed by atoms with van der Waals surface area (Å²) in [5, 5.41) is 1.10. The van der Waals surface area contributed by atoms with E-state index in [-0.39, 0.29) is 5.56 Å². The number of para-hydroxylation sites is 1. The molecule has 2 aromatic carbocycles. The summed E-state index contributed by atoms with van der Waals surface area (Å²) in [6.45, 7) is 5.31. The number of rotatable bonds is 8. The Morgan fingerprint density at radius 3 is 2.37 bits per heavy atom. The Hall–Kier alpha value is -1.73. The Balaban J connectivity index is 1.74. The van der Waals surface area contributed by atoms with Gasteiger partial charge in [0.15, 0.2) is 0 Å². The van der Waals surface area contributed by atoms with Crippen molar-refractivity contribution in [2.45, 2.75) is 13.5 Å². The topological polar surface area (TPSA) is 33.4 Å². The Bertz CT molecular complexity index is 1060. The highest BCUT2D eigenvalue weighted by Gasteiger charge is 2.19. The predicted octanol–water partition coefficient (Wildman–Crippen LogP) is 5.20. The molecule has 0 radical (unpaired) electrons. The molecule has 0 saturated heterocycles. The van der Waals surface area contributed by atoms with Gasteiger partial charge in [-0.15, -0.1) is 0 Å². The van der Waals surface area contributed by atoms with Gasteiger partial charge in [-0.25, -0.2) is 4.68 Å². The first kappa shape index (κ1) is 22.9. The van der Waals surface area contributed by atoms with Crippen LogP contribution in [0.5, 0.6) is 0 Å². The largest absolute Gasteiger partial charge is 0.373 e. The van der Waals surface area contributed by atoms with Crippen LogP contribution in [0.2, 0.25) is 10.0 Å². The fourth-order valence-electron chi connectivity index (χ4n) is 3.35. The normalized spacial score (nSPS) is 11.3. The van der Waals surface area contributed by atoms with Crippen LogP contribution in [0.1, 0.15) is 12.6 Å². The number of aromatic nitrogens is 2. The van der Waals surface area contributed by atoms with E-state index in [1.54, 1.807) is 4.68 Å². The summed E-state index contributed by atoms with van der Waals surface area (Å²) in [5.41, 5.74) is 2.76. The Morgan fingerprint density at radius 2 is 1.73 bits per heavy atom. The zero-order valence-electron chi connectivity index (χ0n) is 17.3. The predicted molar refractivity (Wildman–Crippen MR) is 129 cm³/mol. The summed E-state index contributed by atoms with van der Waals surface area (Å²) in [6, 6.07) is 15.3. The molecular formula is C22H25BrCl2N4O. The molecular weight excluding hydrogens is 487 g/mol. The minimum absolute atomic E-state index is 0.0531. The zero-order valence-corrected chi connectivity index (χ0v) is 20.4. The number of anilines is 1. The van der Waals surface area contributed by atoms with E-state index in [0.717, 1.165) is 36.7 Å². The highest BCUT2D eigenvalue weighted by Crippen LogP contribution is 2.26. The molecule has 0 fully saturated rings. The van der Waals surface area contributed by atoms with Gasteiger partial charge in [0.2, 0.25) is 0 Å². The Labute approximate surface area is 195 Å². The third-order valence-electron chi connectivity index (χ3n) is 5.24. The highest BCUT2D eigenvalue weighted by atomic mass is 79.9. The molecule has 0 amide bonds. The first-order valence-electron chi connectivity index (χ1n) is 9.73. The van der Waals surface area contributed by atoms with Gasteiger partial charge in [0.25, 0.3) is 5.56 Å². The second-order valence-corrected chi connectivity index (χ2v) is 8.73. The van der Waals surface area contributed by atoms with E-state index in [1.165, 1.54) is 0 Å². The SMILES string of the molecule is CCN(CCN(C)c1ccc(Cl)c(Cl)c1)Cc1c(Br)c(=O)n(-c2ccccc2)n1C. The van der Waals surface area contributed by atoms with Crippen molar-refractivity contribution in [3.63, 3.8) is 0 Å². The van der Waals surface area contributed by atoms with E-state index >= 15 is 0 Å². The molecule has 0 atom stereocenters.